The zero-order valence-corrected chi connectivity index (χ0v) is 19.0. The van der Waals surface area contributed by atoms with Crippen LogP contribution in [0.15, 0.2) is 60.2 Å². The van der Waals surface area contributed by atoms with Gasteiger partial charge in [-0.25, -0.2) is 4.98 Å². The number of Topliss-reactive ketones (excluding diaryl/α,β-unsaturated/α-hetero) is 1. The molecule has 1 amide bonds. The Morgan fingerprint density at radius 3 is 2.68 bits per heavy atom. The van der Waals surface area contributed by atoms with Gasteiger partial charge < -0.3 is 14.8 Å². The van der Waals surface area contributed by atoms with E-state index < -0.39 is 0 Å². The summed E-state index contributed by atoms with van der Waals surface area (Å²) in [5, 5.41) is 4.52. The number of rotatable bonds is 12. The minimum Gasteiger partial charge on any atom is -0.475 e. The number of amides is 1. The Labute approximate surface area is 187 Å². The highest BCUT2D eigenvalue weighted by Gasteiger charge is 2.11. The summed E-state index contributed by atoms with van der Waals surface area (Å²) in [7, 11) is 0. The van der Waals surface area contributed by atoms with Gasteiger partial charge in [0.05, 0.1) is 12.3 Å². The summed E-state index contributed by atoms with van der Waals surface area (Å²) >= 11 is 1.34. The number of aromatic nitrogens is 1. The summed E-state index contributed by atoms with van der Waals surface area (Å²) in [5.41, 5.74) is 2.33. The topological polar surface area (TPSA) is 77.5 Å². The van der Waals surface area contributed by atoms with Crippen molar-refractivity contribution in [1.82, 2.24) is 4.98 Å². The van der Waals surface area contributed by atoms with Gasteiger partial charge in [0.1, 0.15) is 6.61 Å². The van der Waals surface area contributed by atoms with Gasteiger partial charge in [-0.3, -0.25) is 9.59 Å². The Morgan fingerprint density at radius 1 is 1.16 bits per heavy atom. The van der Waals surface area contributed by atoms with E-state index in [-0.39, 0.29) is 11.7 Å². The molecule has 0 saturated heterocycles. The molecule has 0 aliphatic heterocycles. The van der Waals surface area contributed by atoms with E-state index >= 15 is 0 Å². The Morgan fingerprint density at radius 2 is 1.94 bits per heavy atom. The number of hydrogen-bond donors (Lipinski definition) is 1. The van der Waals surface area contributed by atoms with Crippen molar-refractivity contribution in [3.63, 3.8) is 0 Å². The fraction of sp³-hybridized carbons (Fsp3) is 0.292. The monoisotopic (exact) mass is 440 g/mol. The van der Waals surface area contributed by atoms with Crippen molar-refractivity contribution in [3.8, 4) is 5.88 Å². The molecule has 0 aliphatic carbocycles. The smallest absolute Gasteiger partial charge is 0.251 e. The highest BCUT2D eigenvalue weighted by Crippen LogP contribution is 2.29. The average Bonchev–Trinajstić information content (AvgIpc) is 2.77. The predicted molar refractivity (Wildman–Crippen MR) is 126 cm³/mol. The maximum Gasteiger partial charge on any atom is 0.251 e. The van der Waals surface area contributed by atoms with E-state index in [1.54, 1.807) is 42.8 Å². The van der Waals surface area contributed by atoms with Gasteiger partial charge in [0.2, 0.25) is 5.88 Å². The summed E-state index contributed by atoms with van der Waals surface area (Å²) < 4.78 is 11.0. The van der Waals surface area contributed by atoms with E-state index in [2.05, 4.69) is 23.8 Å². The molecule has 1 N–H and O–H groups in total. The van der Waals surface area contributed by atoms with Gasteiger partial charge in [0.15, 0.2) is 5.78 Å². The second kappa shape index (κ2) is 12.7. The first kappa shape index (κ1) is 24.4. The number of thioether (sulfide) groups is 1. The van der Waals surface area contributed by atoms with Crippen molar-refractivity contribution in [2.75, 3.05) is 25.1 Å². The molecule has 0 atom stereocenters. The van der Waals surface area contributed by atoms with Crippen LogP contribution in [0.3, 0.4) is 0 Å². The average molecular weight is 441 g/mol. The summed E-state index contributed by atoms with van der Waals surface area (Å²) in [6.07, 6.45) is 2.63. The molecule has 0 radical (unpaired) electrons. The molecule has 0 fully saturated rings. The van der Waals surface area contributed by atoms with E-state index in [1.165, 1.54) is 18.7 Å². The predicted octanol–water partition coefficient (Wildman–Crippen LogP) is 5.34. The zero-order chi connectivity index (χ0) is 22.6. The minimum absolute atomic E-state index is 0.104. The van der Waals surface area contributed by atoms with Gasteiger partial charge in [-0.05, 0) is 49.4 Å². The Bertz CT molecular complexity index is 956. The zero-order valence-electron chi connectivity index (χ0n) is 18.1. The van der Waals surface area contributed by atoms with E-state index in [1.807, 2.05) is 12.1 Å². The van der Waals surface area contributed by atoms with Crippen molar-refractivity contribution in [2.45, 2.75) is 27.2 Å². The lowest BCUT2D eigenvalue weighted by Gasteiger charge is -2.10. The van der Waals surface area contributed by atoms with Crippen molar-refractivity contribution in [1.29, 1.82) is 0 Å². The fourth-order valence-corrected chi connectivity index (χ4v) is 3.20. The molecule has 0 saturated carbocycles. The highest BCUT2D eigenvalue weighted by atomic mass is 32.2. The molecule has 6 nitrogen and oxygen atoms in total. The molecular weight excluding hydrogens is 412 g/mol. The van der Waals surface area contributed by atoms with Crippen molar-refractivity contribution < 1.29 is 19.1 Å². The molecule has 1 aromatic heterocycles. The van der Waals surface area contributed by atoms with Crippen LogP contribution >= 0.6 is 11.8 Å². The van der Waals surface area contributed by atoms with Crippen LogP contribution in [-0.2, 0) is 9.53 Å². The SMILES string of the molecule is C=C(S/C=C(\C)C(=O)Nc1ccccc1C(C)=O)c1ccnc(OCCOCCC)c1. The van der Waals surface area contributed by atoms with Crippen LogP contribution in [0.25, 0.3) is 4.91 Å². The lowest BCUT2D eigenvalue weighted by molar-refractivity contribution is -0.112. The molecule has 0 aliphatic rings. The van der Waals surface area contributed by atoms with Crippen LogP contribution in [0.2, 0.25) is 0 Å². The number of carbonyl (C=O) groups excluding carboxylic acids is 2. The second-order valence-corrected chi connectivity index (χ2v) is 7.71. The van der Waals surface area contributed by atoms with E-state index in [4.69, 9.17) is 9.47 Å². The summed E-state index contributed by atoms with van der Waals surface area (Å²) in [6, 6.07) is 10.6. The van der Waals surface area contributed by atoms with Crippen LogP contribution in [-0.4, -0.2) is 36.5 Å². The van der Waals surface area contributed by atoms with E-state index in [0.29, 0.717) is 42.5 Å². The number of ketones is 1. The molecule has 0 unspecified atom stereocenters. The van der Waals surface area contributed by atoms with Crippen molar-refractivity contribution in [3.05, 3.63) is 71.3 Å². The molecule has 164 valence electrons. The third-order valence-corrected chi connectivity index (χ3v) is 5.17. The van der Waals surface area contributed by atoms with Crippen LogP contribution in [0.4, 0.5) is 5.69 Å². The maximum atomic E-state index is 12.5. The first-order valence-electron chi connectivity index (χ1n) is 10.0. The van der Waals surface area contributed by atoms with Crippen LogP contribution < -0.4 is 10.1 Å². The highest BCUT2D eigenvalue weighted by molar-refractivity contribution is 8.10. The number of pyridine rings is 1. The Balaban J connectivity index is 1.94. The van der Waals surface area contributed by atoms with Crippen LogP contribution in [0.1, 0.15) is 43.1 Å². The third-order valence-electron chi connectivity index (χ3n) is 4.17. The maximum absolute atomic E-state index is 12.5. The number of nitrogens with one attached hydrogen (secondary N) is 1. The number of carbonyl (C=O) groups is 2. The molecule has 7 heteroatoms. The lowest BCUT2D eigenvalue weighted by atomic mass is 10.1. The number of anilines is 1. The van der Waals surface area contributed by atoms with Gasteiger partial charge in [-0.2, -0.15) is 0 Å². The first-order valence-corrected chi connectivity index (χ1v) is 10.9. The van der Waals surface area contributed by atoms with E-state index in [9.17, 15) is 9.59 Å². The molecule has 2 aromatic rings. The largest absolute Gasteiger partial charge is 0.475 e. The van der Waals surface area contributed by atoms with Gasteiger partial charge in [-0.15, -0.1) is 0 Å². The number of nitrogens with zero attached hydrogens (tertiary/aromatic N) is 1. The molecule has 1 aromatic carbocycles. The number of hydrogen-bond acceptors (Lipinski definition) is 6. The minimum atomic E-state index is -0.278. The Kier molecular flexibility index (Phi) is 10.00. The number of ether oxygens (including phenoxy) is 2. The van der Waals surface area contributed by atoms with Gasteiger partial charge >= 0.3 is 0 Å². The van der Waals surface area contributed by atoms with Gasteiger partial charge in [0.25, 0.3) is 5.91 Å². The van der Waals surface area contributed by atoms with E-state index in [0.717, 1.165) is 16.9 Å². The Hall–Kier alpha value is -2.90. The lowest BCUT2D eigenvalue weighted by Crippen LogP contribution is -2.14. The number of para-hydroxylation sites is 1. The first-order chi connectivity index (χ1) is 14.9. The van der Waals surface area contributed by atoms with Gasteiger partial charge in [-0.1, -0.05) is 37.4 Å². The normalized spacial score (nSPS) is 11.1. The molecule has 1 heterocycles. The third kappa shape index (κ3) is 8.03. The number of benzene rings is 1. The van der Waals surface area contributed by atoms with Crippen LogP contribution in [0.5, 0.6) is 5.88 Å². The quantitative estimate of drug-likeness (QED) is 0.273. The summed E-state index contributed by atoms with van der Waals surface area (Å²) in [5.74, 6) is 0.117. The summed E-state index contributed by atoms with van der Waals surface area (Å²) in [4.78, 5) is 29.2. The fourth-order valence-electron chi connectivity index (χ4n) is 2.51. The molecule has 31 heavy (non-hydrogen) atoms. The van der Waals surface area contributed by atoms with Crippen molar-refractivity contribution >= 4 is 34.0 Å². The van der Waals surface area contributed by atoms with Crippen LogP contribution in [0, 0.1) is 0 Å². The molecule has 0 spiro atoms. The van der Waals surface area contributed by atoms with Crippen molar-refractivity contribution in [2.24, 2.45) is 0 Å². The summed E-state index contributed by atoms with van der Waals surface area (Å²) in [6.45, 7) is 11.0. The molecule has 2 rings (SSSR count). The standard InChI is InChI=1S/C24H28N2O4S/c1-5-12-29-13-14-30-23-15-20(10-11-25-23)19(4)31-16-17(2)24(28)26-22-9-7-6-8-21(22)18(3)27/h6-11,15-16H,4-5,12-14H2,1-3H3,(H,26,28)/b17-16+. The molecule has 0 bridgehead atoms. The molecular formula is C24H28N2O4S. The second-order valence-electron chi connectivity index (χ2n) is 6.74. The van der Waals surface area contributed by atoms with Gasteiger partial charge in [0, 0.05) is 34.9 Å².